The lowest BCUT2D eigenvalue weighted by molar-refractivity contribution is -0.190. The number of aliphatic hydroxyl groups excluding tert-OH is 1. The van der Waals surface area contributed by atoms with Gasteiger partial charge in [-0.2, -0.15) is 5.10 Å². The van der Waals surface area contributed by atoms with E-state index >= 15 is 0 Å². The maximum Gasteiger partial charge on any atom is 0.217 e. The van der Waals surface area contributed by atoms with Crippen LogP contribution in [-0.4, -0.2) is 89.3 Å². The third-order valence-electron chi connectivity index (χ3n) is 7.07. The molecule has 214 valence electrons. The number of aliphatic hydroxyl groups is 1. The normalized spacial score (nSPS) is 21.7. The number of hydrogen-bond donors (Lipinski definition) is 1. The average molecular weight is 590 g/mol. The van der Waals surface area contributed by atoms with E-state index in [-0.39, 0.29) is 19.3 Å². The first-order valence-electron chi connectivity index (χ1n) is 13.4. The molecule has 3 heterocycles. The van der Waals surface area contributed by atoms with Gasteiger partial charge in [0.15, 0.2) is 0 Å². The summed E-state index contributed by atoms with van der Waals surface area (Å²) in [5, 5.41) is 14.2. The van der Waals surface area contributed by atoms with Crippen molar-refractivity contribution in [3.05, 3.63) is 70.7 Å². The Morgan fingerprint density at radius 2 is 1.95 bits per heavy atom. The molecule has 2 unspecified atom stereocenters. The number of aliphatic imine (C=N–C) groups is 1. The van der Waals surface area contributed by atoms with Crippen LogP contribution in [0, 0.1) is 0 Å². The molecule has 0 radical (unpaired) electrons. The zero-order valence-electron chi connectivity index (χ0n) is 22.5. The third kappa shape index (κ3) is 6.87. The van der Waals surface area contributed by atoms with Crippen LogP contribution in [0.5, 0.6) is 5.75 Å². The number of hydrogen-bond acceptors (Lipinski definition) is 8. The quantitative estimate of drug-likeness (QED) is 0.217. The summed E-state index contributed by atoms with van der Waals surface area (Å²) in [6.45, 7) is 7.48. The molecule has 2 fully saturated rings. The Morgan fingerprint density at radius 3 is 2.65 bits per heavy atom. The molecule has 1 N–H and O–H groups in total. The minimum Gasteiger partial charge on any atom is -0.491 e. The molecule has 2 aromatic carbocycles. The first-order chi connectivity index (χ1) is 19.5. The van der Waals surface area contributed by atoms with Crippen LogP contribution < -0.4 is 9.64 Å². The van der Waals surface area contributed by atoms with Gasteiger partial charge in [0.25, 0.3) is 0 Å². The highest BCUT2D eigenvalue weighted by Crippen LogP contribution is 2.40. The lowest BCUT2D eigenvalue weighted by atomic mass is 10.1. The fraction of sp³-hybridized carbons (Fsp3) is 0.464. The second kappa shape index (κ2) is 13.2. The van der Waals surface area contributed by atoms with Gasteiger partial charge in [-0.25, -0.2) is 9.67 Å². The van der Waals surface area contributed by atoms with Gasteiger partial charge in [0, 0.05) is 55.6 Å². The monoisotopic (exact) mass is 588 g/mol. The Kier molecular flexibility index (Phi) is 9.44. The van der Waals surface area contributed by atoms with E-state index in [0.29, 0.717) is 41.8 Å². The number of amidine groups is 1. The van der Waals surface area contributed by atoms with E-state index in [1.165, 1.54) is 6.33 Å². The highest BCUT2D eigenvalue weighted by atomic mass is 35.5. The molecule has 40 heavy (non-hydrogen) atoms. The van der Waals surface area contributed by atoms with Crippen LogP contribution >= 0.6 is 23.2 Å². The zero-order chi connectivity index (χ0) is 28.0. The van der Waals surface area contributed by atoms with Crippen molar-refractivity contribution in [1.29, 1.82) is 0 Å². The van der Waals surface area contributed by atoms with Crippen molar-refractivity contribution in [1.82, 2.24) is 19.7 Å². The Labute approximate surface area is 244 Å². The molecule has 0 spiro atoms. The van der Waals surface area contributed by atoms with Crippen LogP contribution in [-0.2, 0) is 21.8 Å². The summed E-state index contributed by atoms with van der Waals surface area (Å²) in [6.07, 6.45) is 3.46. The topological polar surface area (TPSA) is 97.5 Å². The lowest BCUT2D eigenvalue weighted by Crippen LogP contribution is -2.48. The smallest absolute Gasteiger partial charge is 0.217 e. The van der Waals surface area contributed by atoms with Crippen LogP contribution in [0.15, 0.2) is 60.1 Å². The standard InChI is InChI=1S/C28H34Cl2N6O4/c1-21(32-9-2-14-37)34-10-12-35(13-11-34)23-4-6-24(7-5-23)38-16-25-17-39-28(40-25,18-36-20-31-19-33-36)26-8-3-22(29)15-27(26)30/h3-8,15,19-20,25,37H,2,9-14,16-18H2,1H3. The average Bonchev–Trinajstić information content (AvgIpc) is 3.63. The highest BCUT2D eigenvalue weighted by molar-refractivity contribution is 6.35. The number of benzene rings is 2. The molecule has 2 atom stereocenters. The van der Waals surface area contributed by atoms with E-state index < -0.39 is 5.79 Å². The van der Waals surface area contributed by atoms with Gasteiger partial charge in [-0.05, 0) is 49.7 Å². The first kappa shape index (κ1) is 28.6. The summed E-state index contributed by atoms with van der Waals surface area (Å²) < 4.78 is 20.4. The molecule has 2 aliphatic rings. The van der Waals surface area contributed by atoms with Crippen molar-refractivity contribution in [2.24, 2.45) is 4.99 Å². The third-order valence-corrected chi connectivity index (χ3v) is 7.62. The number of ether oxygens (including phenoxy) is 3. The SMILES string of the molecule is CC(=NCCCO)N1CCN(c2ccc(OCC3COC(Cn4cncn4)(c4ccc(Cl)cc4Cl)O3)cc2)CC1. The Hall–Kier alpha value is -2.89. The molecule has 2 saturated heterocycles. The summed E-state index contributed by atoms with van der Waals surface area (Å²) in [5.74, 6) is 0.659. The second-order valence-electron chi connectivity index (χ2n) is 9.81. The number of aromatic nitrogens is 3. The summed E-state index contributed by atoms with van der Waals surface area (Å²) in [5.41, 5.74) is 1.83. The van der Waals surface area contributed by atoms with Gasteiger partial charge in [-0.15, -0.1) is 0 Å². The molecule has 0 bridgehead atoms. The number of piperazine rings is 1. The van der Waals surface area contributed by atoms with Crippen LogP contribution in [0.2, 0.25) is 10.0 Å². The molecule has 1 aromatic heterocycles. The Balaban J connectivity index is 1.16. The Morgan fingerprint density at radius 1 is 1.15 bits per heavy atom. The van der Waals surface area contributed by atoms with E-state index in [2.05, 4.69) is 37.0 Å². The molecule has 0 saturated carbocycles. The Bertz CT molecular complexity index is 1270. The number of rotatable bonds is 10. The molecule has 0 aliphatic carbocycles. The minimum absolute atomic E-state index is 0.175. The largest absolute Gasteiger partial charge is 0.491 e. The van der Waals surface area contributed by atoms with Gasteiger partial charge in [0.2, 0.25) is 5.79 Å². The van der Waals surface area contributed by atoms with Crippen molar-refractivity contribution in [3.8, 4) is 5.75 Å². The fourth-order valence-electron chi connectivity index (χ4n) is 4.92. The minimum atomic E-state index is -1.14. The van der Waals surface area contributed by atoms with Crippen molar-refractivity contribution >= 4 is 34.7 Å². The molecule has 5 rings (SSSR count). The van der Waals surface area contributed by atoms with E-state index in [4.69, 9.17) is 42.5 Å². The van der Waals surface area contributed by atoms with Crippen molar-refractivity contribution in [2.45, 2.75) is 31.8 Å². The number of halogens is 2. The van der Waals surface area contributed by atoms with Gasteiger partial charge in [0.1, 0.15) is 37.7 Å². The van der Waals surface area contributed by atoms with Crippen molar-refractivity contribution in [2.75, 3.05) is 57.4 Å². The van der Waals surface area contributed by atoms with Gasteiger partial charge in [-0.1, -0.05) is 29.3 Å². The number of nitrogens with zero attached hydrogens (tertiary/aromatic N) is 6. The molecular formula is C28H34Cl2N6O4. The van der Waals surface area contributed by atoms with Gasteiger partial charge >= 0.3 is 0 Å². The summed E-state index contributed by atoms with van der Waals surface area (Å²) in [7, 11) is 0. The van der Waals surface area contributed by atoms with Gasteiger partial charge < -0.3 is 29.1 Å². The summed E-state index contributed by atoms with van der Waals surface area (Å²) >= 11 is 12.7. The van der Waals surface area contributed by atoms with Gasteiger partial charge in [-0.3, -0.25) is 4.99 Å². The summed E-state index contributed by atoms with van der Waals surface area (Å²) in [4.78, 5) is 13.3. The predicted molar refractivity (Wildman–Crippen MR) is 154 cm³/mol. The highest BCUT2D eigenvalue weighted by Gasteiger charge is 2.45. The second-order valence-corrected chi connectivity index (χ2v) is 10.6. The van der Waals surface area contributed by atoms with Crippen LogP contribution in [0.1, 0.15) is 18.9 Å². The predicted octanol–water partition coefficient (Wildman–Crippen LogP) is 3.86. The zero-order valence-corrected chi connectivity index (χ0v) is 24.0. The lowest BCUT2D eigenvalue weighted by Gasteiger charge is -2.37. The summed E-state index contributed by atoms with van der Waals surface area (Å²) in [6, 6.07) is 13.4. The van der Waals surface area contributed by atoms with Crippen molar-refractivity contribution in [3.63, 3.8) is 0 Å². The number of anilines is 1. The van der Waals surface area contributed by atoms with E-state index in [0.717, 1.165) is 43.5 Å². The molecular weight excluding hydrogens is 555 g/mol. The van der Waals surface area contributed by atoms with Crippen LogP contribution in [0.3, 0.4) is 0 Å². The van der Waals surface area contributed by atoms with E-state index in [1.807, 2.05) is 25.1 Å². The molecule has 10 nitrogen and oxygen atoms in total. The maximum absolute atomic E-state index is 8.96. The maximum atomic E-state index is 8.96. The van der Waals surface area contributed by atoms with E-state index in [9.17, 15) is 0 Å². The van der Waals surface area contributed by atoms with Crippen LogP contribution in [0.4, 0.5) is 5.69 Å². The van der Waals surface area contributed by atoms with E-state index in [1.54, 1.807) is 23.1 Å². The molecule has 2 aliphatic heterocycles. The van der Waals surface area contributed by atoms with Crippen LogP contribution in [0.25, 0.3) is 0 Å². The molecule has 3 aromatic rings. The first-order valence-corrected chi connectivity index (χ1v) is 14.2. The molecule has 12 heteroatoms. The van der Waals surface area contributed by atoms with Crippen molar-refractivity contribution < 1.29 is 19.3 Å². The molecule has 0 amide bonds. The van der Waals surface area contributed by atoms with Gasteiger partial charge in [0.05, 0.1) is 17.5 Å². The fourth-order valence-corrected chi connectivity index (χ4v) is 5.48.